The molecule has 7 heteroatoms. The Kier molecular flexibility index (Phi) is 5.20. The van der Waals surface area contributed by atoms with E-state index in [0.29, 0.717) is 22.2 Å². The number of rotatable bonds is 5. The molecular weight excluding hydrogens is 322 g/mol. The number of carboxylic acid groups (broad SMARTS) is 1. The van der Waals surface area contributed by atoms with Gasteiger partial charge in [0.05, 0.1) is 4.91 Å². The van der Waals surface area contributed by atoms with Crippen LogP contribution >= 0.6 is 24.0 Å². The van der Waals surface area contributed by atoms with Gasteiger partial charge in [-0.05, 0) is 42.7 Å². The Labute approximate surface area is 137 Å². The Bertz CT molecular complexity index is 670. The van der Waals surface area contributed by atoms with Gasteiger partial charge in [-0.2, -0.15) is 0 Å². The predicted molar refractivity (Wildman–Crippen MR) is 89.6 cm³/mol. The number of amides is 1. The van der Waals surface area contributed by atoms with Crippen LogP contribution in [-0.2, 0) is 9.59 Å². The number of aromatic hydroxyl groups is 1. The molecule has 0 bridgehead atoms. The molecular formula is C15H15NO4S2. The van der Waals surface area contributed by atoms with E-state index in [4.69, 9.17) is 17.3 Å². The van der Waals surface area contributed by atoms with E-state index in [9.17, 15) is 14.7 Å². The van der Waals surface area contributed by atoms with Crippen molar-refractivity contribution in [1.82, 2.24) is 4.90 Å². The second kappa shape index (κ2) is 6.93. The largest absolute Gasteiger partial charge is 0.508 e. The molecule has 0 atom stereocenters. The Morgan fingerprint density at radius 2 is 2.18 bits per heavy atom. The van der Waals surface area contributed by atoms with Crippen LogP contribution in [0.4, 0.5) is 0 Å². The van der Waals surface area contributed by atoms with Crippen molar-refractivity contribution >= 4 is 46.3 Å². The zero-order valence-electron chi connectivity index (χ0n) is 11.9. The third kappa shape index (κ3) is 3.86. The lowest BCUT2D eigenvalue weighted by molar-refractivity contribution is -0.137. The average Bonchev–Trinajstić information content (AvgIpc) is 2.70. The number of carbonyl (C=O) groups is 2. The Hall–Kier alpha value is -1.86. The molecule has 0 spiro atoms. The normalized spacial score (nSPS) is 16.6. The Morgan fingerprint density at radius 1 is 1.45 bits per heavy atom. The molecule has 1 aliphatic heterocycles. The number of aliphatic carboxylic acids is 1. The first-order valence-electron chi connectivity index (χ1n) is 6.65. The van der Waals surface area contributed by atoms with Crippen LogP contribution in [-0.4, -0.2) is 37.9 Å². The number of phenols is 1. The van der Waals surface area contributed by atoms with Gasteiger partial charge in [0.15, 0.2) is 0 Å². The van der Waals surface area contributed by atoms with E-state index in [1.165, 1.54) is 16.7 Å². The fraction of sp³-hybridized carbons (Fsp3) is 0.267. The minimum atomic E-state index is -0.888. The van der Waals surface area contributed by atoms with Crippen LogP contribution in [0.3, 0.4) is 0 Å². The number of hydrogen-bond donors (Lipinski definition) is 2. The van der Waals surface area contributed by atoms with Crippen molar-refractivity contribution in [2.75, 3.05) is 6.54 Å². The molecule has 1 aromatic carbocycles. The van der Waals surface area contributed by atoms with E-state index in [1.807, 2.05) is 0 Å². The minimum absolute atomic E-state index is 0.00721. The van der Waals surface area contributed by atoms with Crippen LogP contribution in [0.5, 0.6) is 5.75 Å². The standard InChI is InChI=1S/C15H15NO4S2/c1-9-7-10(4-5-11(9)17)8-12-14(20)16(15(21)22-12)6-2-3-13(18)19/h4-5,7-8,17H,2-3,6H2,1H3,(H,18,19)/b12-8-. The summed E-state index contributed by atoms with van der Waals surface area (Å²) in [5.41, 5.74) is 1.53. The highest BCUT2D eigenvalue weighted by molar-refractivity contribution is 8.26. The highest BCUT2D eigenvalue weighted by Gasteiger charge is 2.31. The smallest absolute Gasteiger partial charge is 0.303 e. The Balaban J connectivity index is 2.11. The maximum Gasteiger partial charge on any atom is 0.303 e. The molecule has 2 N–H and O–H groups in total. The van der Waals surface area contributed by atoms with Crippen molar-refractivity contribution in [3.8, 4) is 5.75 Å². The maximum atomic E-state index is 12.3. The van der Waals surface area contributed by atoms with Gasteiger partial charge in [0.25, 0.3) is 5.91 Å². The minimum Gasteiger partial charge on any atom is -0.508 e. The predicted octanol–water partition coefficient (Wildman–Crippen LogP) is 2.77. The molecule has 0 saturated carbocycles. The van der Waals surface area contributed by atoms with Crippen LogP contribution in [0.25, 0.3) is 6.08 Å². The summed E-state index contributed by atoms with van der Waals surface area (Å²) in [6.07, 6.45) is 2.10. The first-order chi connectivity index (χ1) is 10.4. The number of phenolic OH excluding ortho intramolecular Hbond substituents is 1. The first-order valence-corrected chi connectivity index (χ1v) is 7.87. The quantitative estimate of drug-likeness (QED) is 0.635. The second-order valence-corrected chi connectivity index (χ2v) is 6.55. The molecule has 5 nitrogen and oxygen atoms in total. The molecule has 22 heavy (non-hydrogen) atoms. The van der Waals surface area contributed by atoms with E-state index in [0.717, 1.165) is 11.1 Å². The molecule has 1 aliphatic rings. The molecule has 116 valence electrons. The van der Waals surface area contributed by atoms with Crippen LogP contribution < -0.4 is 0 Å². The van der Waals surface area contributed by atoms with Gasteiger partial charge < -0.3 is 10.2 Å². The van der Waals surface area contributed by atoms with Crippen LogP contribution in [0, 0.1) is 6.92 Å². The van der Waals surface area contributed by atoms with E-state index in [1.54, 1.807) is 31.2 Å². The Morgan fingerprint density at radius 3 is 2.82 bits per heavy atom. The molecule has 0 radical (unpaired) electrons. The number of thioether (sulfide) groups is 1. The number of carboxylic acids is 1. The van der Waals surface area contributed by atoms with Gasteiger partial charge in [0, 0.05) is 13.0 Å². The molecule has 1 saturated heterocycles. The maximum absolute atomic E-state index is 12.3. The fourth-order valence-electron chi connectivity index (χ4n) is 2.00. The lowest BCUT2D eigenvalue weighted by Gasteiger charge is -2.13. The zero-order chi connectivity index (χ0) is 16.3. The van der Waals surface area contributed by atoms with Gasteiger partial charge in [0.1, 0.15) is 10.1 Å². The van der Waals surface area contributed by atoms with Crippen LogP contribution in [0.2, 0.25) is 0 Å². The van der Waals surface area contributed by atoms with Crippen LogP contribution in [0.1, 0.15) is 24.0 Å². The average molecular weight is 337 g/mol. The van der Waals surface area contributed by atoms with Crippen molar-refractivity contribution < 1.29 is 19.8 Å². The van der Waals surface area contributed by atoms with Crippen molar-refractivity contribution in [3.63, 3.8) is 0 Å². The van der Waals surface area contributed by atoms with Crippen LogP contribution in [0.15, 0.2) is 23.1 Å². The molecule has 1 heterocycles. The van der Waals surface area contributed by atoms with E-state index in [2.05, 4.69) is 0 Å². The molecule has 1 amide bonds. The van der Waals surface area contributed by atoms with Gasteiger partial charge in [0.2, 0.25) is 0 Å². The summed E-state index contributed by atoms with van der Waals surface area (Å²) >= 11 is 6.38. The SMILES string of the molecule is Cc1cc(/C=C2\SC(=S)N(CCCC(=O)O)C2=O)ccc1O. The molecule has 0 aromatic heterocycles. The van der Waals surface area contributed by atoms with E-state index < -0.39 is 5.97 Å². The molecule has 1 fully saturated rings. The highest BCUT2D eigenvalue weighted by Crippen LogP contribution is 2.33. The topological polar surface area (TPSA) is 77.8 Å². The fourth-order valence-corrected chi connectivity index (χ4v) is 3.31. The van der Waals surface area contributed by atoms with Gasteiger partial charge in [-0.3, -0.25) is 14.5 Å². The summed E-state index contributed by atoms with van der Waals surface area (Å²) in [4.78, 5) is 24.8. The van der Waals surface area contributed by atoms with E-state index >= 15 is 0 Å². The lowest BCUT2D eigenvalue weighted by Crippen LogP contribution is -2.29. The third-order valence-corrected chi connectivity index (χ3v) is 4.54. The first kappa shape index (κ1) is 16.5. The van der Waals surface area contributed by atoms with Crippen molar-refractivity contribution in [2.24, 2.45) is 0 Å². The molecule has 2 rings (SSSR count). The summed E-state index contributed by atoms with van der Waals surface area (Å²) in [5, 5.41) is 18.2. The van der Waals surface area contributed by atoms with E-state index in [-0.39, 0.29) is 18.1 Å². The number of nitrogens with zero attached hydrogens (tertiary/aromatic N) is 1. The van der Waals surface area contributed by atoms with Gasteiger partial charge >= 0.3 is 5.97 Å². The summed E-state index contributed by atoms with van der Waals surface area (Å²) in [5.74, 6) is -0.884. The monoisotopic (exact) mass is 337 g/mol. The lowest BCUT2D eigenvalue weighted by atomic mass is 10.1. The zero-order valence-corrected chi connectivity index (χ0v) is 13.5. The summed E-state index contributed by atoms with van der Waals surface area (Å²) in [7, 11) is 0. The summed E-state index contributed by atoms with van der Waals surface area (Å²) in [6, 6.07) is 5.08. The summed E-state index contributed by atoms with van der Waals surface area (Å²) in [6.45, 7) is 2.09. The number of hydrogen-bond acceptors (Lipinski definition) is 5. The van der Waals surface area contributed by atoms with Gasteiger partial charge in [-0.25, -0.2) is 0 Å². The highest BCUT2D eigenvalue weighted by atomic mass is 32.2. The molecule has 1 aromatic rings. The number of carbonyl (C=O) groups excluding carboxylic acids is 1. The second-order valence-electron chi connectivity index (χ2n) is 4.88. The number of thiocarbonyl (C=S) groups is 1. The summed E-state index contributed by atoms with van der Waals surface area (Å²) < 4.78 is 0.442. The number of aryl methyl sites for hydroxylation is 1. The van der Waals surface area contributed by atoms with Crippen molar-refractivity contribution in [1.29, 1.82) is 0 Å². The number of benzene rings is 1. The van der Waals surface area contributed by atoms with Crippen molar-refractivity contribution in [2.45, 2.75) is 19.8 Å². The molecule has 0 aliphatic carbocycles. The van der Waals surface area contributed by atoms with Gasteiger partial charge in [-0.1, -0.05) is 30.0 Å². The molecule has 0 unspecified atom stereocenters. The van der Waals surface area contributed by atoms with Crippen molar-refractivity contribution in [3.05, 3.63) is 34.2 Å². The van der Waals surface area contributed by atoms with Gasteiger partial charge in [-0.15, -0.1) is 0 Å². The third-order valence-electron chi connectivity index (χ3n) is 3.16.